The minimum absolute atomic E-state index is 0.0396. The monoisotopic (exact) mass is 1010 g/mol. The fourth-order valence-electron chi connectivity index (χ4n) is 8.87. The third-order valence-corrected chi connectivity index (χ3v) is 14.3. The molecule has 0 aliphatic carbocycles. The number of rotatable bonds is 26. The molecule has 2 aromatic carbocycles. The van der Waals surface area contributed by atoms with Crippen LogP contribution in [0.1, 0.15) is 70.5 Å². The van der Waals surface area contributed by atoms with Gasteiger partial charge >= 0.3 is 6.03 Å². The fraction of sp³-hybridized carbons (Fsp3) is 0.519. The van der Waals surface area contributed by atoms with E-state index in [-0.39, 0.29) is 78.6 Å². The number of anilines is 1. The predicted molar refractivity (Wildman–Crippen MR) is 271 cm³/mol. The van der Waals surface area contributed by atoms with Gasteiger partial charge in [-0.1, -0.05) is 24.3 Å². The Bertz CT molecular complexity index is 2300. The number of hydrogen-bond donors (Lipinski definition) is 4. The topological polar surface area (TPSA) is 226 Å². The molecule has 19 nitrogen and oxygen atoms in total. The van der Waals surface area contributed by atoms with Gasteiger partial charge in [0.05, 0.1) is 88.6 Å². The molecular formula is C52H67N9O10S. The Morgan fingerprint density at radius 3 is 2.18 bits per heavy atom. The van der Waals surface area contributed by atoms with Crippen LogP contribution in [0, 0.1) is 11.3 Å². The molecule has 0 saturated carbocycles. The zero-order valence-electron chi connectivity index (χ0n) is 41.0. The minimum Gasteiger partial charge on any atom is -0.490 e. The van der Waals surface area contributed by atoms with Crippen molar-refractivity contribution in [2.24, 2.45) is 0 Å². The van der Waals surface area contributed by atoms with Crippen LogP contribution in [0.2, 0.25) is 0 Å². The first-order valence-corrected chi connectivity index (χ1v) is 25.9. The van der Waals surface area contributed by atoms with Gasteiger partial charge in [0.2, 0.25) is 11.8 Å². The van der Waals surface area contributed by atoms with Crippen LogP contribution in [0.15, 0.2) is 79.0 Å². The lowest BCUT2D eigenvalue weighted by molar-refractivity contribution is -0.120. The van der Waals surface area contributed by atoms with Crippen molar-refractivity contribution in [3.8, 4) is 11.8 Å². The number of hydrogen-bond acceptors (Lipinski definition) is 14. The largest absolute Gasteiger partial charge is 0.490 e. The lowest BCUT2D eigenvalue weighted by Crippen LogP contribution is -2.44. The number of urea groups is 1. The van der Waals surface area contributed by atoms with E-state index in [0.29, 0.717) is 107 Å². The molecule has 3 unspecified atom stereocenters. The van der Waals surface area contributed by atoms with Crippen LogP contribution in [-0.2, 0) is 35.1 Å². The highest BCUT2D eigenvalue weighted by Crippen LogP contribution is 2.34. The molecule has 1 aromatic heterocycles. The van der Waals surface area contributed by atoms with Gasteiger partial charge in [0.15, 0.2) is 0 Å². The number of likely N-dealkylation sites (N-methyl/N-ethyl adjacent to an activating group) is 1. The molecule has 0 radical (unpaired) electrons. The van der Waals surface area contributed by atoms with E-state index in [9.17, 15) is 24.0 Å². The summed E-state index contributed by atoms with van der Waals surface area (Å²) in [5, 5.41) is 21.0. The molecule has 386 valence electrons. The Labute approximate surface area is 425 Å². The number of piperidine rings is 2. The summed E-state index contributed by atoms with van der Waals surface area (Å²) >= 11 is 1.79. The number of benzene rings is 2. The number of fused-ring (bicyclic) bond motifs is 1. The van der Waals surface area contributed by atoms with Gasteiger partial charge in [0.25, 0.3) is 11.8 Å². The Hall–Kier alpha value is -6.08. The summed E-state index contributed by atoms with van der Waals surface area (Å²) in [5.41, 5.74) is 3.17. The van der Waals surface area contributed by atoms with Crippen LogP contribution in [-0.4, -0.2) is 177 Å². The molecule has 3 atom stereocenters. The second-order valence-electron chi connectivity index (χ2n) is 18.1. The van der Waals surface area contributed by atoms with Gasteiger partial charge in [-0.15, -0.1) is 11.8 Å². The molecule has 5 heterocycles. The van der Waals surface area contributed by atoms with Gasteiger partial charge in [-0.3, -0.25) is 29.1 Å². The number of likely N-dealkylation sites (tertiary alicyclic amines) is 2. The van der Waals surface area contributed by atoms with Gasteiger partial charge in [0.1, 0.15) is 17.5 Å². The van der Waals surface area contributed by atoms with E-state index in [1.807, 2.05) is 55.6 Å². The molecule has 0 spiro atoms. The molecule has 4 aliphatic heterocycles. The van der Waals surface area contributed by atoms with Crippen LogP contribution in [0.4, 0.5) is 10.5 Å². The molecule has 7 rings (SSSR count). The molecule has 20 heteroatoms. The van der Waals surface area contributed by atoms with Crippen LogP contribution in [0.3, 0.4) is 0 Å². The minimum atomic E-state index is -0.199. The van der Waals surface area contributed by atoms with Gasteiger partial charge in [0, 0.05) is 94.5 Å². The summed E-state index contributed by atoms with van der Waals surface area (Å²) in [7, 11) is 1.81. The normalized spacial score (nSPS) is 19.4. The molecule has 0 bridgehead atoms. The molecule has 4 fully saturated rings. The number of aromatic nitrogens is 1. The quantitative estimate of drug-likeness (QED) is 0.0507. The fourth-order valence-corrected chi connectivity index (χ4v) is 10.4. The number of nitrogens with zero attached hydrogens (tertiary/aromatic N) is 5. The maximum absolute atomic E-state index is 13.3. The number of ether oxygens (including phenoxy) is 5. The average Bonchev–Trinajstić information content (AvgIpc) is 3.93. The molecule has 4 saturated heterocycles. The number of nitrogens with one attached hydrogen (secondary N) is 4. The Morgan fingerprint density at radius 1 is 0.833 bits per heavy atom. The standard InChI is InChI=1S/C52H67N9O10S/c1-59-49-45(58-52(59)66)36-72-46(49)3-2-4-47(62)54-20-26-68-28-30-70-32-31-69-29-27-67-25-19-48(63)56-40-10-12-42(13-11-40)71-43-17-23-61(24-18-43)51(65)44-14-9-39(34-55-44)50(64)57-41-15-21-60(22-16-41)35-38-7-5-37(33-53)6-8-38/h2-3,5-14,34,41,43,45-46,49H,4,15-32,35-36H2,1H3,(H,54,62)(H,56,63)(H,57,64)(H,58,66). The first-order valence-electron chi connectivity index (χ1n) is 24.8. The van der Waals surface area contributed by atoms with Crippen molar-refractivity contribution >= 4 is 47.1 Å². The van der Waals surface area contributed by atoms with Gasteiger partial charge < -0.3 is 54.8 Å². The highest BCUT2D eigenvalue weighted by atomic mass is 32.2. The van der Waals surface area contributed by atoms with Crippen molar-refractivity contribution in [3.63, 3.8) is 0 Å². The van der Waals surface area contributed by atoms with E-state index < -0.39 is 0 Å². The van der Waals surface area contributed by atoms with E-state index in [0.717, 1.165) is 43.8 Å². The second kappa shape index (κ2) is 28.2. The summed E-state index contributed by atoms with van der Waals surface area (Å²) in [4.78, 5) is 73.0. The first kappa shape index (κ1) is 53.7. The summed E-state index contributed by atoms with van der Waals surface area (Å²) in [6.07, 6.45) is 8.75. The van der Waals surface area contributed by atoms with E-state index in [4.69, 9.17) is 28.9 Å². The van der Waals surface area contributed by atoms with E-state index in [1.165, 1.54) is 6.20 Å². The van der Waals surface area contributed by atoms with E-state index in [1.54, 1.807) is 45.8 Å². The van der Waals surface area contributed by atoms with Crippen LogP contribution in [0.25, 0.3) is 0 Å². The Balaban J connectivity index is 0.650. The van der Waals surface area contributed by atoms with Crippen LogP contribution >= 0.6 is 11.8 Å². The Morgan fingerprint density at radius 2 is 1.51 bits per heavy atom. The molecule has 3 aromatic rings. The van der Waals surface area contributed by atoms with E-state index in [2.05, 4.69) is 37.2 Å². The predicted octanol–water partition coefficient (Wildman–Crippen LogP) is 4.00. The maximum atomic E-state index is 13.3. The van der Waals surface area contributed by atoms with Crippen molar-refractivity contribution in [1.29, 1.82) is 5.26 Å². The Kier molecular flexibility index (Phi) is 21.1. The molecule has 72 heavy (non-hydrogen) atoms. The second-order valence-corrected chi connectivity index (χ2v) is 19.3. The SMILES string of the molecule is CN1C(=O)NC2CSC(C=CCC(=O)NCCOCCOCCOCCOCCC(=O)Nc3ccc(OC4CCN(C(=O)c5ccc(C(=O)NC6CCN(Cc7ccc(C#N)cc7)CC6)cn5)CC4)cc3)C21. The van der Waals surface area contributed by atoms with Crippen molar-refractivity contribution < 1.29 is 47.7 Å². The molecule has 4 N–H and O–H groups in total. The maximum Gasteiger partial charge on any atom is 0.317 e. The summed E-state index contributed by atoms with van der Waals surface area (Å²) < 4.78 is 28.3. The highest BCUT2D eigenvalue weighted by Gasteiger charge is 2.45. The van der Waals surface area contributed by atoms with Crippen molar-refractivity contribution in [1.82, 2.24) is 35.6 Å². The highest BCUT2D eigenvalue weighted by molar-refractivity contribution is 8.00. The number of thioether (sulfide) groups is 1. The lowest BCUT2D eigenvalue weighted by Gasteiger charge is -2.32. The van der Waals surface area contributed by atoms with Crippen molar-refractivity contribution in [3.05, 3.63) is 101 Å². The zero-order chi connectivity index (χ0) is 50.5. The molecule has 6 amide bonds. The molecule has 4 aliphatic rings. The lowest BCUT2D eigenvalue weighted by atomic mass is 10.0. The molecular weight excluding hydrogens is 943 g/mol. The summed E-state index contributed by atoms with van der Waals surface area (Å²) in [6.45, 7) is 6.95. The number of carbonyl (C=O) groups is 5. The summed E-state index contributed by atoms with van der Waals surface area (Å²) in [5.74, 6) is 0.926. The number of nitriles is 1. The number of pyridine rings is 1. The van der Waals surface area contributed by atoms with Crippen molar-refractivity contribution in [2.45, 2.75) is 74.5 Å². The van der Waals surface area contributed by atoms with E-state index >= 15 is 0 Å². The van der Waals surface area contributed by atoms with Gasteiger partial charge in [-0.25, -0.2) is 4.79 Å². The van der Waals surface area contributed by atoms with Crippen LogP contribution in [0.5, 0.6) is 5.75 Å². The third kappa shape index (κ3) is 16.7. The van der Waals surface area contributed by atoms with Crippen LogP contribution < -0.4 is 26.0 Å². The smallest absolute Gasteiger partial charge is 0.317 e. The first-order chi connectivity index (χ1) is 35.1. The zero-order valence-corrected chi connectivity index (χ0v) is 41.8. The summed E-state index contributed by atoms with van der Waals surface area (Å²) in [6, 6.07) is 20.6. The average molecular weight is 1010 g/mol. The third-order valence-electron chi connectivity index (χ3n) is 12.9. The van der Waals surface area contributed by atoms with Gasteiger partial charge in [-0.05, 0) is 66.9 Å². The van der Waals surface area contributed by atoms with Gasteiger partial charge in [-0.2, -0.15) is 5.26 Å². The number of amides is 6. The van der Waals surface area contributed by atoms with Crippen molar-refractivity contribution in [2.75, 3.05) is 104 Å². The number of carbonyl (C=O) groups excluding carboxylic acids is 5.